The summed E-state index contributed by atoms with van der Waals surface area (Å²) in [4.78, 5) is 11.2. The Hall–Kier alpha value is -1.74. The number of aryl methyl sites for hydroxylation is 1. The topological polar surface area (TPSA) is 29.0 Å². The lowest BCUT2D eigenvalue weighted by Crippen LogP contribution is -2.32. The van der Waals surface area contributed by atoms with E-state index in [1.54, 1.807) is 0 Å². The Morgan fingerprint density at radius 3 is 2.32 bits per heavy atom. The maximum absolute atomic E-state index is 4.47. The summed E-state index contributed by atoms with van der Waals surface area (Å²) in [7, 11) is 2.18. The number of aromatic nitrogens is 2. The quantitative estimate of drug-likeness (QED) is 0.844. The standard InChI is InChI=1S/C19H25N3/c1-15-10-21-17(11-20-15)12-22(4)14-19(13-18(19,2)3)16-8-6-5-7-9-16/h5-11H,12-14H2,1-4H3/t19-/m0/s1. The van der Waals surface area contributed by atoms with Gasteiger partial charge >= 0.3 is 0 Å². The molecule has 3 rings (SSSR count). The van der Waals surface area contributed by atoms with Crippen molar-refractivity contribution in [2.45, 2.75) is 39.2 Å². The van der Waals surface area contributed by atoms with Gasteiger partial charge in [0.05, 0.1) is 11.4 Å². The highest BCUT2D eigenvalue weighted by Crippen LogP contribution is 2.64. The Morgan fingerprint density at radius 1 is 1.09 bits per heavy atom. The molecule has 0 N–H and O–H groups in total. The Kier molecular flexibility index (Phi) is 3.77. The Labute approximate surface area is 133 Å². The lowest BCUT2D eigenvalue weighted by atomic mass is 9.87. The largest absolute Gasteiger partial charge is 0.300 e. The fraction of sp³-hybridized carbons (Fsp3) is 0.474. The molecule has 3 heteroatoms. The molecule has 116 valence electrons. The predicted molar refractivity (Wildman–Crippen MR) is 89.6 cm³/mol. The molecule has 1 atom stereocenters. The van der Waals surface area contributed by atoms with Gasteiger partial charge in [-0.3, -0.25) is 14.9 Å². The van der Waals surface area contributed by atoms with Crippen molar-refractivity contribution in [2.75, 3.05) is 13.6 Å². The van der Waals surface area contributed by atoms with Gasteiger partial charge in [-0.05, 0) is 31.4 Å². The van der Waals surface area contributed by atoms with Crippen LogP contribution in [0.4, 0.5) is 0 Å². The highest BCUT2D eigenvalue weighted by atomic mass is 15.1. The fourth-order valence-corrected chi connectivity index (χ4v) is 3.62. The zero-order valence-corrected chi connectivity index (χ0v) is 14.0. The van der Waals surface area contributed by atoms with E-state index in [1.807, 2.05) is 19.3 Å². The van der Waals surface area contributed by atoms with Crippen LogP contribution in [0.1, 0.15) is 37.2 Å². The SMILES string of the molecule is Cc1cnc(CN(C)C[C@]2(c3ccccc3)CC2(C)C)cn1. The van der Waals surface area contributed by atoms with E-state index in [9.17, 15) is 0 Å². The van der Waals surface area contributed by atoms with Gasteiger partial charge in [-0.1, -0.05) is 44.2 Å². The molecular formula is C19H25N3. The van der Waals surface area contributed by atoms with Gasteiger partial charge < -0.3 is 0 Å². The summed E-state index contributed by atoms with van der Waals surface area (Å²) in [5.41, 5.74) is 4.09. The van der Waals surface area contributed by atoms with Crippen LogP contribution in [0.3, 0.4) is 0 Å². The van der Waals surface area contributed by atoms with Gasteiger partial charge in [-0.25, -0.2) is 0 Å². The molecular weight excluding hydrogens is 270 g/mol. The smallest absolute Gasteiger partial charge is 0.0726 e. The second-order valence-corrected chi connectivity index (χ2v) is 7.33. The number of rotatable bonds is 5. The molecule has 2 aromatic rings. The van der Waals surface area contributed by atoms with Crippen LogP contribution in [0.25, 0.3) is 0 Å². The minimum Gasteiger partial charge on any atom is -0.300 e. The van der Waals surface area contributed by atoms with Gasteiger partial charge in [-0.2, -0.15) is 0 Å². The molecule has 1 fully saturated rings. The monoisotopic (exact) mass is 295 g/mol. The van der Waals surface area contributed by atoms with E-state index in [-0.39, 0.29) is 5.41 Å². The molecule has 1 saturated carbocycles. The summed E-state index contributed by atoms with van der Waals surface area (Å²) in [5, 5.41) is 0. The molecule has 1 aliphatic carbocycles. The van der Waals surface area contributed by atoms with Crippen LogP contribution in [0.2, 0.25) is 0 Å². The number of benzene rings is 1. The summed E-state index contributed by atoms with van der Waals surface area (Å²) < 4.78 is 0. The van der Waals surface area contributed by atoms with Gasteiger partial charge in [0.1, 0.15) is 0 Å². The molecule has 0 unspecified atom stereocenters. The fourth-order valence-electron chi connectivity index (χ4n) is 3.62. The van der Waals surface area contributed by atoms with Crippen molar-refractivity contribution in [3.05, 3.63) is 59.7 Å². The van der Waals surface area contributed by atoms with Crippen molar-refractivity contribution < 1.29 is 0 Å². The number of nitrogens with zero attached hydrogens (tertiary/aromatic N) is 3. The average molecular weight is 295 g/mol. The van der Waals surface area contributed by atoms with E-state index in [4.69, 9.17) is 0 Å². The lowest BCUT2D eigenvalue weighted by Gasteiger charge is -2.27. The summed E-state index contributed by atoms with van der Waals surface area (Å²) >= 11 is 0. The highest BCUT2D eigenvalue weighted by molar-refractivity contribution is 5.37. The maximum atomic E-state index is 4.47. The highest BCUT2D eigenvalue weighted by Gasteiger charge is 2.61. The van der Waals surface area contributed by atoms with E-state index in [0.717, 1.165) is 24.5 Å². The van der Waals surface area contributed by atoms with Crippen molar-refractivity contribution in [1.29, 1.82) is 0 Å². The van der Waals surface area contributed by atoms with Crippen molar-refractivity contribution in [3.63, 3.8) is 0 Å². The number of hydrogen-bond acceptors (Lipinski definition) is 3. The first kappa shape index (κ1) is 15.2. The van der Waals surface area contributed by atoms with E-state index in [0.29, 0.717) is 5.41 Å². The molecule has 0 amide bonds. The van der Waals surface area contributed by atoms with Crippen LogP contribution in [0.15, 0.2) is 42.7 Å². The third-order valence-corrected chi connectivity index (χ3v) is 5.05. The van der Waals surface area contributed by atoms with Gasteiger partial charge in [0.2, 0.25) is 0 Å². The van der Waals surface area contributed by atoms with Gasteiger partial charge in [0.25, 0.3) is 0 Å². The molecule has 0 aliphatic heterocycles. The van der Waals surface area contributed by atoms with Crippen molar-refractivity contribution in [1.82, 2.24) is 14.9 Å². The van der Waals surface area contributed by atoms with E-state index >= 15 is 0 Å². The van der Waals surface area contributed by atoms with Crippen LogP contribution in [0, 0.1) is 12.3 Å². The van der Waals surface area contributed by atoms with Crippen molar-refractivity contribution >= 4 is 0 Å². The Bertz CT molecular complexity index is 633. The van der Waals surface area contributed by atoms with E-state index in [2.05, 4.69) is 66.1 Å². The normalized spacial score (nSPS) is 22.8. The number of likely N-dealkylation sites (N-methyl/N-ethyl adjacent to an activating group) is 1. The molecule has 1 aromatic heterocycles. The van der Waals surface area contributed by atoms with E-state index in [1.165, 1.54) is 12.0 Å². The Balaban J connectivity index is 1.74. The van der Waals surface area contributed by atoms with Gasteiger partial charge in [0, 0.05) is 30.9 Å². The second-order valence-electron chi connectivity index (χ2n) is 7.33. The lowest BCUT2D eigenvalue weighted by molar-refractivity contribution is 0.268. The summed E-state index contributed by atoms with van der Waals surface area (Å²) in [5.74, 6) is 0. The van der Waals surface area contributed by atoms with Crippen molar-refractivity contribution in [3.8, 4) is 0 Å². The van der Waals surface area contributed by atoms with Crippen LogP contribution in [-0.2, 0) is 12.0 Å². The van der Waals surface area contributed by atoms with Crippen molar-refractivity contribution in [2.24, 2.45) is 5.41 Å². The summed E-state index contributed by atoms with van der Waals surface area (Å²) in [6.45, 7) is 8.62. The molecule has 1 aromatic carbocycles. The van der Waals surface area contributed by atoms with E-state index < -0.39 is 0 Å². The molecule has 1 aliphatic rings. The van der Waals surface area contributed by atoms with Crippen LogP contribution < -0.4 is 0 Å². The first-order chi connectivity index (χ1) is 10.4. The summed E-state index contributed by atoms with van der Waals surface area (Å²) in [6.07, 6.45) is 4.98. The van der Waals surface area contributed by atoms with Crippen LogP contribution in [0.5, 0.6) is 0 Å². The molecule has 1 heterocycles. The second kappa shape index (κ2) is 5.47. The molecule has 0 radical (unpaired) electrons. The maximum Gasteiger partial charge on any atom is 0.0726 e. The molecule has 22 heavy (non-hydrogen) atoms. The first-order valence-electron chi connectivity index (χ1n) is 7.95. The third kappa shape index (κ3) is 2.78. The third-order valence-electron chi connectivity index (χ3n) is 5.05. The number of hydrogen-bond donors (Lipinski definition) is 0. The first-order valence-corrected chi connectivity index (χ1v) is 7.95. The molecule has 0 saturated heterocycles. The minimum atomic E-state index is 0.265. The average Bonchev–Trinajstić information content (AvgIpc) is 3.04. The minimum absolute atomic E-state index is 0.265. The zero-order valence-electron chi connectivity index (χ0n) is 14.0. The molecule has 3 nitrogen and oxygen atoms in total. The summed E-state index contributed by atoms with van der Waals surface area (Å²) in [6, 6.07) is 10.9. The Morgan fingerprint density at radius 2 is 1.77 bits per heavy atom. The molecule has 0 spiro atoms. The van der Waals surface area contributed by atoms with Crippen LogP contribution in [-0.4, -0.2) is 28.5 Å². The van der Waals surface area contributed by atoms with Gasteiger partial charge in [-0.15, -0.1) is 0 Å². The van der Waals surface area contributed by atoms with Crippen LogP contribution >= 0.6 is 0 Å². The van der Waals surface area contributed by atoms with Gasteiger partial charge in [0.15, 0.2) is 0 Å². The molecule has 0 bridgehead atoms. The zero-order chi connectivity index (χ0) is 15.8. The predicted octanol–water partition coefficient (Wildman–Crippen LogP) is 3.58.